The van der Waals surface area contributed by atoms with Crippen molar-refractivity contribution in [3.8, 4) is 5.75 Å². The Morgan fingerprint density at radius 2 is 2.32 bits per heavy atom. The number of aromatic nitrogens is 1. The summed E-state index contributed by atoms with van der Waals surface area (Å²) in [5.74, 6) is 1.71. The number of methoxy groups -OCH3 is 1. The average Bonchev–Trinajstić information content (AvgIpc) is 3.19. The quantitative estimate of drug-likeness (QED) is 0.897. The molecule has 1 saturated carbocycles. The van der Waals surface area contributed by atoms with Crippen LogP contribution < -0.4 is 4.74 Å². The van der Waals surface area contributed by atoms with E-state index in [1.807, 2.05) is 12.1 Å². The van der Waals surface area contributed by atoms with Crippen molar-refractivity contribution in [2.24, 2.45) is 11.8 Å². The molecule has 2 heterocycles. The lowest BCUT2D eigenvalue weighted by Crippen LogP contribution is -2.39. The van der Waals surface area contributed by atoms with Gasteiger partial charge in [0.2, 0.25) is 0 Å². The summed E-state index contributed by atoms with van der Waals surface area (Å²) in [7, 11) is 1.67. The number of rotatable bonds is 4. The van der Waals surface area contributed by atoms with Crippen LogP contribution in [0.4, 0.5) is 0 Å². The molecule has 4 nitrogen and oxygen atoms in total. The maximum Gasteiger partial charge on any atom is 0.122 e. The van der Waals surface area contributed by atoms with Gasteiger partial charge in [-0.25, -0.2) is 0 Å². The molecule has 1 aromatic rings. The van der Waals surface area contributed by atoms with Gasteiger partial charge >= 0.3 is 0 Å². The van der Waals surface area contributed by atoms with Crippen molar-refractivity contribution in [3.05, 3.63) is 24.0 Å². The van der Waals surface area contributed by atoms with Crippen LogP contribution in [0.1, 0.15) is 25.5 Å². The number of nitrogens with zero attached hydrogens (tertiary/aromatic N) is 2. The highest BCUT2D eigenvalue weighted by molar-refractivity contribution is 5.22. The van der Waals surface area contributed by atoms with Gasteiger partial charge in [0.25, 0.3) is 0 Å². The van der Waals surface area contributed by atoms with Gasteiger partial charge in [-0.05, 0) is 30.7 Å². The molecule has 1 aliphatic carbocycles. The first kappa shape index (κ1) is 12.9. The van der Waals surface area contributed by atoms with E-state index in [9.17, 15) is 5.11 Å². The Morgan fingerprint density at radius 3 is 3.00 bits per heavy atom. The second-order valence-electron chi connectivity index (χ2n) is 6.02. The molecule has 0 radical (unpaired) electrons. The van der Waals surface area contributed by atoms with E-state index in [4.69, 9.17) is 4.74 Å². The van der Waals surface area contributed by atoms with Gasteiger partial charge in [0.15, 0.2) is 0 Å². The number of hydrogen-bond acceptors (Lipinski definition) is 4. The fourth-order valence-corrected chi connectivity index (χ4v) is 3.26. The van der Waals surface area contributed by atoms with E-state index in [-0.39, 0.29) is 0 Å². The van der Waals surface area contributed by atoms with Crippen LogP contribution in [0, 0.1) is 11.8 Å². The van der Waals surface area contributed by atoms with E-state index in [2.05, 4.69) is 16.8 Å². The molecule has 3 rings (SSSR count). The lowest BCUT2D eigenvalue weighted by atomic mass is 9.88. The molecule has 0 aromatic carbocycles. The van der Waals surface area contributed by atoms with Crippen LogP contribution >= 0.6 is 0 Å². The molecule has 4 heteroatoms. The van der Waals surface area contributed by atoms with Gasteiger partial charge in [0.05, 0.1) is 18.4 Å². The van der Waals surface area contributed by atoms with E-state index >= 15 is 0 Å². The molecule has 0 bridgehead atoms. The number of pyridine rings is 1. The second-order valence-corrected chi connectivity index (χ2v) is 6.02. The summed E-state index contributed by atoms with van der Waals surface area (Å²) in [6.45, 7) is 4.68. The Labute approximate surface area is 114 Å². The van der Waals surface area contributed by atoms with E-state index in [0.717, 1.165) is 31.1 Å². The Balaban J connectivity index is 1.67. The first-order valence-corrected chi connectivity index (χ1v) is 7.05. The maximum absolute atomic E-state index is 10.8. The summed E-state index contributed by atoms with van der Waals surface area (Å²) in [6.07, 6.45) is 4.15. The van der Waals surface area contributed by atoms with E-state index in [1.54, 1.807) is 13.3 Å². The van der Waals surface area contributed by atoms with Gasteiger partial charge in [-0.3, -0.25) is 9.88 Å². The molecule has 0 spiro atoms. The van der Waals surface area contributed by atoms with Crippen molar-refractivity contribution in [3.63, 3.8) is 0 Å². The average molecular weight is 262 g/mol. The van der Waals surface area contributed by atoms with Crippen molar-refractivity contribution in [2.45, 2.75) is 31.9 Å². The maximum atomic E-state index is 10.8. The third kappa shape index (κ3) is 2.47. The van der Waals surface area contributed by atoms with Gasteiger partial charge < -0.3 is 9.84 Å². The molecular weight excluding hydrogens is 240 g/mol. The standard InChI is InChI=1S/C15H22N2O2/c1-11-8-17(10-15(11,18)12-3-4-12)9-13-7-14(19-2)5-6-16-13/h5-7,11-12,18H,3-4,8-10H2,1-2H3/t11-,15+/m0/s1. The predicted molar refractivity (Wildman–Crippen MR) is 72.9 cm³/mol. The van der Waals surface area contributed by atoms with Crippen molar-refractivity contribution in [2.75, 3.05) is 20.2 Å². The van der Waals surface area contributed by atoms with Crippen LogP contribution in [-0.4, -0.2) is 40.8 Å². The molecule has 1 saturated heterocycles. The number of ether oxygens (including phenoxy) is 1. The third-order valence-corrected chi connectivity index (χ3v) is 4.56. The molecule has 104 valence electrons. The third-order valence-electron chi connectivity index (χ3n) is 4.56. The molecule has 0 amide bonds. The molecule has 1 aliphatic heterocycles. The number of hydrogen-bond donors (Lipinski definition) is 1. The fourth-order valence-electron chi connectivity index (χ4n) is 3.26. The summed E-state index contributed by atoms with van der Waals surface area (Å²) >= 11 is 0. The number of aliphatic hydroxyl groups is 1. The molecular formula is C15H22N2O2. The molecule has 2 aliphatic rings. The largest absolute Gasteiger partial charge is 0.497 e. The van der Waals surface area contributed by atoms with E-state index in [1.165, 1.54) is 12.8 Å². The summed E-state index contributed by atoms with van der Waals surface area (Å²) in [5.41, 5.74) is 0.533. The summed E-state index contributed by atoms with van der Waals surface area (Å²) < 4.78 is 5.22. The van der Waals surface area contributed by atoms with Crippen LogP contribution in [0.5, 0.6) is 5.75 Å². The number of β-amino-alcohol motifs (C(OH)–C–C–N with tert-alkyl or cyclic N) is 1. The van der Waals surface area contributed by atoms with Crippen LogP contribution in [0.15, 0.2) is 18.3 Å². The van der Waals surface area contributed by atoms with E-state index < -0.39 is 5.60 Å². The van der Waals surface area contributed by atoms with Gasteiger partial charge in [0.1, 0.15) is 5.75 Å². The van der Waals surface area contributed by atoms with Gasteiger partial charge in [-0.15, -0.1) is 0 Å². The Bertz CT molecular complexity index is 461. The summed E-state index contributed by atoms with van der Waals surface area (Å²) in [6, 6.07) is 3.83. The van der Waals surface area contributed by atoms with Crippen LogP contribution in [0.25, 0.3) is 0 Å². The second kappa shape index (κ2) is 4.76. The van der Waals surface area contributed by atoms with Crippen molar-refractivity contribution >= 4 is 0 Å². The molecule has 2 atom stereocenters. The first-order valence-electron chi connectivity index (χ1n) is 7.05. The lowest BCUT2D eigenvalue weighted by molar-refractivity contribution is -0.00448. The molecule has 0 unspecified atom stereocenters. The van der Waals surface area contributed by atoms with Gasteiger partial charge in [-0.1, -0.05) is 6.92 Å². The Kier molecular flexibility index (Phi) is 3.23. The minimum atomic E-state index is -0.473. The zero-order valence-electron chi connectivity index (χ0n) is 11.7. The zero-order chi connectivity index (χ0) is 13.5. The molecule has 1 aromatic heterocycles. The summed E-state index contributed by atoms with van der Waals surface area (Å²) in [5, 5.41) is 10.8. The van der Waals surface area contributed by atoms with Crippen molar-refractivity contribution in [1.29, 1.82) is 0 Å². The minimum Gasteiger partial charge on any atom is -0.497 e. The fraction of sp³-hybridized carbons (Fsp3) is 0.667. The van der Waals surface area contributed by atoms with E-state index in [0.29, 0.717) is 11.8 Å². The monoisotopic (exact) mass is 262 g/mol. The van der Waals surface area contributed by atoms with Crippen molar-refractivity contribution < 1.29 is 9.84 Å². The highest BCUT2D eigenvalue weighted by Crippen LogP contribution is 2.47. The highest BCUT2D eigenvalue weighted by atomic mass is 16.5. The molecule has 2 fully saturated rings. The number of likely N-dealkylation sites (tertiary alicyclic amines) is 1. The Morgan fingerprint density at radius 1 is 1.53 bits per heavy atom. The smallest absolute Gasteiger partial charge is 0.122 e. The van der Waals surface area contributed by atoms with Crippen LogP contribution in [0.2, 0.25) is 0 Å². The minimum absolute atomic E-state index is 0.352. The topological polar surface area (TPSA) is 45.6 Å². The molecule has 19 heavy (non-hydrogen) atoms. The SMILES string of the molecule is COc1ccnc(CN2C[C@H](C)[C@@](O)(C3CC3)C2)c1. The Hall–Kier alpha value is -1.13. The van der Waals surface area contributed by atoms with Crippen molar-refractivity contribution in [1.82, 2.24) is 9.88 Å². The van der Waals surface area contributed by atoms with Crippen LogP contribution in [-0.2, 0) is 6.54 Å². The van der Waals surface area contributed by atoms with Crippen LogP contribution in [0.3, 0.4) is 0 Å². The summed E-state index contributed by atoms with van der Waals surface area (Å²) in [4.78, 5) is 6.69. The van der Waals surface area contributed by atoms with Gasteiger partial charge in [-0.2, -0.15) is 0 Å². The first-order chi connectivity index (χ1) is 9.11. The zero-order valence-corrected chi connectivity index (χ0v) is 11.7. The highest BCUT2D eigenvalue weighted by Gasteiger charge is 2.52. The van der Waals surface area contributed by atoms with Gasteiger partial charge in [0, 0.05) is 31.9 Å². The molecule has 1 N–H and O–H groups in total. The normalized spacial score (nSPS) is 31.6. The lowest BCUT2D eigenvalue weighted by Gasteiger charge is -2.26. The predicted octanol–water partition coefficient (Wildman–Crippen LogP) is 1.68.